The molecule has 0 saturated carbocycles. The highest BCUT2D eigenvalue weighted by molar-refractivity contribution is 9.11. The van der Waals surface area contributed by atoms with Crippen LogP contribution in [-0.2, 0) is 10.0 Å². The van der Waals surface area contributed by atoms with Crippen LogP contribution in [0.5, 0.6) is 0 Å². The normalized spacial score (nSPS) is 19.7. The second-order valence-corrected chi connectivity index (χ2v) is 9.22. The van der Waals surface area contributed by atoms with Crippen LogP contribution in [0.2, 0.25) is 5.02 Å². The number of hydrogen-bond acceptors (Lipinski definition) is 3. The highest BCUT2D eigenvalue weighted by Crippen LogP contribution is 2.36. The Morgan fingerprint density at radius 3 is 2.53 bits per heavy atom. The Bertz CT molecular complexity index is 487. The summed E-state index contributed by atoms with van der Waals surface area (Å²) in [6.07, 6.45) is 1.86. The van der Waals surface area contributed by atoms with Crippen LogP contribution >= 0.6 is 38.9 Å². The van der Waals surface area contributed by atoms with Crippen molar-refractivity contribution in [2.45, 2.75) is 24.0 Å². The number of rotatable bonds is 2. The Morgan fingerprint density at radius 1 is 1.47 bits per heavy atom. The van der Waals surface area contributed by atoms with E-state index in [0.29, 0.717) is 32.0 Å². The van der Waals surface area contributed by atoms with E-state index in [2.05, 4.69) is 22.9 Å². The fourth-order valence-electron chi connectivity index (χ4n) is 1.81. The third kappa shape index (κ3) is 2.87. The Balaban J connectivity index is 2.24. The summed E-state index contributed by atoms with van der Waals surface area (Å²) in [4.78, 5) is 0. The van der Waals surface area contributed by atoms with E-state index >= 15 is 0 Å². The van der Waals surface area contributed by atoms with Gasteiger partial charge in [-0.05, 0) is 40.8 Å². The standard InChI is InChI=1S/C10H13BrClNO2S2/c1-7-2-4-13(5-3-7)17(14,15)9-6-8(12)10(11)16-9/h6-7H,2-5H2,1H3. The number of thiophene rings is 1. The van der Waals surface area contributed by atoms with Crippen molar-refractivity contribution >= 4 is 48.9 Å². The van der Waals surface area contributed by atoms with E-state index in [9.17, 15) is 8.42 Å². The molecule has 1 aromatic rings. The largest absolute Gasteiger partial charge is 0.252 e. The number of halogens is 2. The van der Waals surface area contributed by atoms with Crippen molar-refractivity contribution in [3.8, 4) is 0 Å². The monoisotopic (exact) mass is 357 g/mol. The van der Waals surface area contributed by atoms with Crippen LogP contribution < -0.4 is 0 Å². The minimum atomic E-state index is -3.35. The first-order valence-corrected chi connectivity index (χ1v) is 8.79. The van der Waals surface area contributed by atoms with E-state index in [0.717, 1.165) is 12.8 Å². The molecule has 0 atom stereocenters. The van der Waals surface area contributed by atoms with Gasteiger partial charge < -0.3 is 0 Å². The molecule has 1 aliphatic heterocycles. The van der Waals surface area contributed by atoms with Gasteiger partial charge in [0.15, 0.2) is 0 Å². The van der Waals surface area contributed by atoms with Crippen molar-refractivity contribution in [3.05, 3.63) is 14.9 Å². The molecule has 0 amide bonds. The van der Waals surface area contributed by atoms with E-state index in [-0.39, 0.29) is 0 Å². The van der Waals surface area contributed by atoms with Crippen LogP contribution in [0.15, 0.2) is 14.1 Å². The average molecular weight is 359 g/mol. The molecule has 0 spiro atoms. The van der Waals surface area contributed by atoms with E-state index in [4.69, 9.17) is 11.6 Å². The van der Waals surface area contributed by atoms with E-state index < -0.39 is 10.0 Å². The van der Waals surface area contributed by atoms with Gasteiger partial charge in [0.2, 0.25) is 0 Å². The maximum atomic E-state index is 12.3. The fourth-order valence-corrected chi connectivity index (χ4v) is 5.83. The molecular formula is C10H13BrClNO2S2. The maximum Gasteiger partial charge on any atom is 0.252 e. The second kappa shape index (κ2) is 5.17. The summed E-state index contributed by atoms with van der Waals surface area (Å²) in [5.41, 5.74) is 0. The molecule has 3 nitrogen and oxygen atoms in total. The lowest BCUT2D eigenvalue weighted by atomic mass is 10.0. The number of hydrogen-bond donors (Lipinski definition) is 0. The molecule has 0 N–H and O–H groups in total. The molecule has 1 fully saturated rings. The first-order valence-electron chi connectivity index (χ1n) is 5.36. The van der Waals surface area contributed by atoms with Gasteiger partial charge in [0.25, 0.3) is 10.0 Å². The average Bonchev–Trinajstić information content (AvgIpc) is 2.60. The molecule has 0 unspecified atom stereocenters. The van der Waals surface area contributed by atoms with Gasteiger partial charge in [-0.15, -0.1) is 11.3 Å². The van der Waals surface area contributed by atoms with E-state index in [1.165, 1.54) is 17.4 Å². The molecule has 96 valence electrons. The molecule has 0 aliphatic carbocycles. The van der Waals surface area contributed by atoms with Crippen LogP contribution in [0.1, 0.15) is 19.8 Å². The Kier molecular flexibility index (Phi) is 4.20. The maximum absolute atomic E-state index is 12.3. The van der Waals surface area contributed by atoms with Crippen molar-refractivity contribution < 1.29 is 8.42 Å². The summed E-state index contributed by atoms with van der Waals surface area (Å²) in [5, 5.41) is 0.457. The molecule has 2 rings (SSSR count). The summed E-state index contributed by atoms with van der Waals surface area (Å²) in [5.74, 6) is 0.611. The lowest BCUT2D eigenvalue weighted by molar-refractivity contribution is 0.288. The smallest absolute Gasteiger partial charge is 0.206 e. The molecule has 2 heterocycles. The molecule has 1 aromatic heterocycles. The summed E-state index contributed by atoms with van der Waals surface area (Å²) in [7, 11) is -3.35. The van der Waals surface area contributed by atoms with Gasteiger partial charge in [-0.3, -0.25) is 0 Å². The van der Waals surface area contributed by atoms with Crippen LogP contribution in [0, 0.1) is 5.92 Å². The predicted molar refractivity (Wildman–Crippen MR) is 74.2 cm³/mol. The van der Waals surface area contributed by atoms with Crippen LogP contribution in [0.3, 0.4) is 0 Å². The third-order valence-corrected chi connectivity index (χ3v) is 7.78. The number of piperidine rings is 1. The van der Waals surface area contributed by atoms with Gasteiger partial charge >= 0.3 is 0 Å². The van der Waals surface area contributed by atoms with Gasteiger partial charge in [0.1, 0.15) is 4.21 Å². The molecule has 0 aromatic carbocycles. The number of nitrogens with zero attached hydrogens (tertiary/aromatic N) is 1. The zero-order valence-corrected chi connectivity index (χ0v) is 13.3. The summed E-state index contributed by atoms with van der Waals surface area (Å²) < 4.78 is 27.2. The molecule has 0 radical (unpaired) electrons. The lowest BCUT2D eigenvalue weighted by Gasteiger charge is -2.28. The summed E-state index contributed by atoms with van der Waals surface area (Å²) in [6, 6.07) is 1.52. The minimum absolute atomic E-state index is 0.323. The topological polar surface area (TPSA) is 37.4 Å². The Morgan fingerprint density at radius 2 is 2.06 bits per heavy atom. The van der Waals surface area contributed by atoms with E-state index in [1.54, 1.807) is 4.31 Å². The van der Waals surface area contributed by atoms with Crippen molar-refractivity contribution in [2.24, 2.45) is 5.92 Å². The molecule has 17 heavy (non-hydrogen) atoms. The van der Waals surface area contributed by atoms with Gasteiger partial charge in [-0.25, -0.2) is 8.42 Å². The van der Waals surface area contributed by atoms with Gasteiger partial charge in [0.05, 0.1) is 8.81 Å². The van der Waals surface area contributed by atoms with Gasteiger partial charge in [0, 0.05) is 13.1 Å². The third-order valence-electron chi connectivity index (χ3n) is 2.96. The van der Waals surface area contributed by atoms with Crippen molar-refractivity contribution in [3.63, 3.8) is 0 Å². The van der Waals surface area contributed by atoms with Gasteiger partial charge in [-0.1, -0.05) is 18.5 Å². The first-order chi connectivity index (χ1) is 7.91. The molecule has 0 bridgehead atoms. The highest BCUT2D eigenvalue weighted by atomic mass is 79.9. The van der Waals surface area contributed by atoms with Crippen LogP contribution in [0.25, 0.3) is 0 Å². The Hall–Kier alpha value is 0.380. The zero-order chi connectivity index (χ0) is 12.6. The molecular weight excluding hydrogens is 346 g/mol. The predicted octanol–water partition coefficient (Wildman–Crippen LogP) is 3.58. The highest BCUT2D eigenvalue weighted by Gasteiger charge is 2.29. The number of sulfonamides is 1. The molecule has 7 heteroatoms. The minimum Gasteiger partial charge on any atom is -0.206 e. The SMILES string of the molecule is CC1CCN(S(=O)(=O)c2cc(Cl)c(Br)s2)CC1. The van der Waals surface area contributed by atoms with Crippen molar-refractivity contribution in [2.75, 3.05) is 13.1 Å². The summed E-state index contributed by atoms with van der Waals surface area (Å²) in [6.45, 7) is 3.37. The van der Waals surface area contributed by atoms with E-state index in [1.807, 2.05) is 0 Å². The summed E-state index contributed by atoms with van der Waals surface area (Å²) >= 11 is 10.3. The zero-order valence-electron chi connectivity index (χ0n) is 9.32. The van der Waals surface area contributed by atoms with Crippen LogP contribution in [-0.4, -0.2) is 25.8 Å². The quantitative estimate of drug-likeness (QED) is 0.810. The van der Waals surface area contributed by atoms with Crippen molar-refractivity contribution in [1.82, 2.24) is 4.31 Å². The molecule has 1 saturated heterocycles. The molecule has 1 aliphatic rings. The first kappa shape index (κ1) is 13.8. The second-order valence-electron chi connectivity index (χ2n) is 4.27. The Labute approximate surface area is 119 Å². The fraction of sp³-hybridized carbons (Fsp3) is 0.600. The van der Waals surface area contributed by atoms with Gasteiger partial charge in [-0.2, -0.15) is 4.31 Å². The van der Waals surface area contributed by atoms with Crippen molar-refractivity contribution in [1.29, 1.82) is 0 Å². The lowest BCUT2D eigenvalue weighted by Crippen LogP contribution is -2.37. The van der Waals surface area contributed by atoms with Crippen LogP contribution in [0.4, 0.5) is 0 Å².